The third-order valence-electron chi connectivity index (χ3n) is 10.6. The molecule has 3 aromatic rings. The molecule has 2 aliphatic carbocycles. The van der Waals surface area contributed by atoms with Gasteiger partial charge in [-0.05, 0) is 67.6 Å². The highest BCUT2D eigenvalue weighted by molar-refractivity contribution is 6.25. The Morgan fingerprint density at radius 3 is 2.10 bits per heavy atom. The van der Waals surface area contributed by atoms with E-state index in [-0.39, 0.29) is 41.3 Å². The van der Waals surface area contributed by atoms with Gasteiger partial charge >= 0.3 is 5.97 Å². The molecule has 7 rings (SSSR count). The number of aromatic hydroxyl groups is 2. The van der Waals surface area contributed by atoms with Crippen molar-refractivity contribution < 1.29 is 48.8 Å². The molecule has 12 nitrogen and oxygen atoms in total. The lowest BCUT2D eigenvalue weighted by Crippen LogP contribution is -2.48. The third-order valence-corrected chi connectivity index (χ3v) is 10.6. The second-order valence-corrected chi connectivity index (χ2v) is 12.8. The molecule has 3 aromatic carbocycles. The number of carbonyl (C=O) groups is 5. The number of hydrogen-bond acceptors (Lipinski definition) is 9. The number of rotatable bonds is 6. The zero-order valence-corrected chi connectivity index (χ0v) is 26.2. The topological polar surface area (TPSA) is 171 Å². The van der Waals surface area contributed by atoms with E-state index in [0.29, 0.717) is 16.8 Å². The van der Waals surface area contributed by atoms with E-state index in [2.05, 4.69) is 0 Å². The number of carboxylic acids is 1. The molecule has 4 aliphatic rings. The van der Waals surface area contributed by atoms with E-state index >= 15 is 0 Å². The van der Waals surface area contributed by atoms with Gasteiger partial charge in [-0.25, -0.2) is 14.6 Å². The fourth-order valence-corrected chi connectivity index (χ4v) is 8.39. The van der Waals surface area contributed by atoms with E-state index in [9.17, 15) is 39.3 Å². The monoisotopic (exact) mass is 652 g/mol. The van der Waals surface area contributed by atoms with Crippen molar-refractivity contribution in [1.29, 1.82) is 0 Å². The standard InChI is InChI=1S/C36H32N2O10/c1-36-24(32(42)38(35(36)46)18-7-5-4-6-8-18)16-23-20(29(36)17-13-26(47-2)30(40)27(14-17)48-3)11-12-22-28(23)33(43)37(31(22)41)19-9-10-21(34(44)45)25(39)15-19/h4-11,13-15,22-24,28-29,39-40H,12,16H2,1-3H3,(H,44,45)/t22-,23+,24-,28-,29-,36+/m0/s1. The van der Waals surface area contributed by atoms with Crippen molar-refractivity contribution in [2.24, 2.45) is 29.1 Å². The lowest BCUT2D eigenvalue weighted by atomic mass is 9.51. The third kappa shape index (κ3) is 4.17. The Morgan fingerprint density at radius 1 is 0.833 bits per heavy atom. The van der Waals surface area contributed by atoms with Gasteiger partial charge in [-0.15, -0.1) is 0 Å². The van der Waals surface area contributed by atoms with Gasteiger partial charge in [0, 0.05) is 12.0 Å². The average Bonchev–Trinajstić information content (AvgIpc) is 3.44. The Labute approximate surface area is 274 Å². The Kier molecular flexibility index (Phi) is 7.08. The number of fused-ring (bicyclic) bond motifs is 4. The van der Waals surface area contributed by atoms with E-state index < -0.39 is 70.4 Å². The molecule has 2 aliphatic heterocycles. The largest absolute Gasteiger partial charge is 0.507 e. The van der Waals surface area contributed by atoms with Crippen LogP contribution < -0.4 is 19.3 Å². The van der Waals surface area contributed by atoms with Crippen LogP contribution in [0, 0.1) is 29.1 Å². The number of para-hydroxylation sites is 1. The lowest BCUT2D eigenvalue weighted by Gasteiger charge is -2.49. The van der Waals surface area contributed by atoms with Crippen LogP contribution >= 0.6 is 0 Å². The van der Waals surface area contributed by atoms with Gasteiger partial charge in [-0.1, -0.05) is 29.8 Å². The number of amides is 4. The molecule has 12 heteroatoms. The van der Waals surface area contributed by atoms with Crippen LogP contribution in [0.15, 0.2) is 72.3 Å². The number of imide groups is 2. The highest BCUT2D eigenvalue weighted by Gasteiger charge is 2.67. The van der Waals surface area contributed by atoms with Crippen LogP contribution in [0.2, 0.25) is 0 Å². The zero-order valence-electron chi connectivity index (χ0n) is 26.2. The maximum Gasteiger partial charge on any atom is 0.339 e. The van der Waals surface area contributed by atoms with Crippen molar-refractivity contribution in [3.05, 3.63) is 83.4 Å². The number of ether oxygens (including phenoxy) is 2. The van der Waals surface area contributed by atoms with Crippen LogP contribution in [0.3, 0.4) is 0 Å². The summed E-state index contributed by atoms with van der Waals surface area (Å²) in [5.74, 6) is -7.80. The van der Waals surface area contributed by atoms with Crippen LogP contribution in [0.5, 0.6) is 23.0 Å². The number of anilines is 2. The molecule has 1 saturated carbocycles. The van der Waals surface area contributed by atoms with Crippen molar-refractivity contribution in [1.82, 2.24) is 0 Å². The van der Waals surface area contributed by atoms with Crippen molar-refractivity contribution in [3.63, 3.8) is 0 Å². The van der Waals surface area contributed by atoms with E-state index in [1.165, 1.54) is 25.2 Å². The Morgan fingerprint density at radius 2 is 1.50 bits per heavy atom. The quantitative estimate of drug-likeness (QED) is 0.258. The summed E-state index contributed by atoms with van der Waals surface area (Å²) in [7, 11) is 2.77. The number of methoxy groups -OCH3 is 2. The molecule has 0 unspecified atom stereocenters. The molecule has 246 valence electrons. The second kappa shape index (κ2) is 11.0. The SMILES string of the molecule is COc1cc([C@H]2C3=CC[C@@H]4C(=O)N(c5ccc(C(=O)O)c(O)c5)C(=O)[C@@H]4[C@@H]3C[C@H]3C(=O)N(c4ccccc4)C(=O)[C@@]23C)cc(OC)c1O. The summed E-state index contributed by atoms with van der Waals surface area (Å²) in [4.78, 5) is 70.6. The number of aromatic carboxylic acids is 1. The van der Waals surface area contributed by atoms with E-state index in [4.69, 9.17) is 9.47 Å². The molecule has 3 fully saturated rings. The van der Waals surface area contributed by atoms with Gasteiger partial charge in [0.05, 0.1) is 48.8 Å². The predicted molar refractivity (Wildman–Crippen MR) is 170 cm³/mol. The highest BCUT2D eigenvalue weighted by atomic mass is 16.5. The van der Waals surface area contributed by atoms with Gasteiger partial charge in [0.25, 0.3) is 0 Å². The summed E-state index contributed by atoms with van der Waals surface area (Å²) >= 11 is 0. The number of hydrogen-bond donors (Lipinski definition) is 3. The van der Waals surface area contributed by atoms with Crippen LogP contribution in [-0.2, 0) is 19.2 Å². The minimum atomic E-state index is -1.36. The van der Waals surface area contributed by atoms with Crippen LogP contribution in [-0.4, -0.2) is 59.1 Å². The van der Waals surface area contributed by atoms with E-state index in [0.717, 1.165) is 17.0 Å². The Bertz CT molecular complexity index is 1930. The second-order valence-electron chi connectivity index (χ2n) is 12.8. The number of carboxylic acid groups (broad SMARTS) is 1. The maximum absolute atomic E-state index is 14.6. The first-order valence-electron chi connectivity index (χ1n) is 15.5. The lowest BCUT2D eigenvalue weighted by molar-refractivity contribution is -0.131. The summed E-state index contributed by atoms with van der Waals surface area (Å²) in [5.41, 5.74) is 0.00582. The van der Waals surface area contributed by atoms with Crippen LogP contribution in [0.1, 0.15) is 41.6 Å². The van der Waals surface area contributed by atoms with Gasteiger partial charge in [0.1, 0.15) is 11.3 Å². The first-order chi connectivity index (χ1) is 22.9. The van der Waals surface area contributed by atoms with Gasteiger partial charge < -0.3 is 24.8 Å². The predicted octanol–water partition coefficient (Wildman–Crippen LogP) is 4.25. The van der Waals surface area contributed by atoms with Gasteiger partial charge in [-0.3, -0.25) is 19.2 Å². The van der Waals surface area contributed by atoms with Crippen LogP contribution in [0.4, 0.5) is 11.4 Å². The summed E-state index contributed by atoms with van der Waals surface area (Å²) < 4.78 is 10.9. The number of phenolic OH excluding ortho intramolecular Hbond substituents is 1. The van der Waals surface area contributed by atoms with Crippen molar-refractivity contribution in [2.45, 2.75) is 25.7 Å². The number of benzene rings is 3. The van der Waals surface area contributed by atoms with Gasteiger partial charge in [-0.2, -0.15) is 0 Å². The minimum Gasteiger partial charge on any atom is -0.507 e. The highest BCUT2D eigenvalue weighted by Crippen LogP contribution is 2.64. The van der Waals surface area contributed by atoms with Crippen LogP contribution in [0.25, 0.3) is 0 Å². The molecular formula is C36H32N2O10. The summed E-state index contributed by atoms with van der Waals surface area (Å²) in [6.07, 6.45) is 2.17. The smallest absolute Gasteiger partial charge is 0.339 e. The minimum absolute atomic E-state index is 0.0380. The average molecular weight is 653 g/mol. The molecule has 4 amide bonds. The first kappa shape index (κ1) is 31.0. The van der Waals surface area contributed by atoms with Crippen molar-refractivity contribution in [2.75, 3.05) is 24.0 Å². The van der Waals surface area contributed by atoms with E-state index in [1.54, 1.807) is 49.4 Å². The molecule has 6 atom stereocenters. The molecule has 0 radical (unpaired) electrons. The fraction of sp³-hybridized carbons (Fsp3) is 0.306. The summed E-state index contributed by atoms with van der Waals surface area (Å²) in [6.45, 7) is 1.75. The fourth-order valence-electron chi connectivity index (χ4n) is 8.39. The molecule has 2 heterocycles. The number of nitrogens with zero attached hydrogens (tertiary/aromatic N) is 2. The molecule has 0 aromatic heterocycles. The van der Waals surface area contributed by atoms with Gasteiger partial charge in [0.2, 0.25) is 29.4 Å². The number of allylic oxidation sites excluding steroid dienone is 2. The summed E-state index contributed by atoms with van der Waals surface area (Å²) in [5, 5.41) is 30.4. The molecular weight excluding hydrogens is 620 g/mol. The van der Waals surface area contributed by atoms with E-state index in [1.807, 2.05) is 6.08 Å². The Hall–Kier alpha value is -5.65. The first-order valence-corrected chi connectivity index (χ1v) is 15.5. The molecule has 48 heavy (non-hydrogen) atoms. The summed E-state index contributed by atoms with van der Waals surface area (Å²) in [6, 6.07) is 15.3. The zero-order chi connectivity index (χ0) is 34.2. The van der Waals surface area contributed by atoms with Gasteiger partial charge in [0.15, 0.2) is 11.5 Å². The molecule has 3 N–H and O–H groups in total. The van der Waals surface area contributed by atoms with Crippen molar-refractivity contribution >= 4 is 41.0 Å². The van der Waals surface area contributed by atoms with Crippen molar-refractivity contribution in [3.8, 4) is 23.0 Å². The number of carbonyl (C=O) groups excluding carboxylic acids is 4. The number of phenols is 2. The normalized spacial score (nSPS) is 27.7. The Balaban J connectivity index is 1.38. The molecule has 0 spiro atoms. The maximum atomic E-state index is 14.6. The molecule has 0 bridgehead atoms. The molecule has 2 saturated heterocycles.